The largest absolute Gasteiger partial charge is 0.296 e. The summed E-state index contributed by atoms with van der Waals surface area (Å²) in [6.07, 6.45) is 4.71. The van der Waals surface area contributed by atoms with Gasteiger partial charge in [-0.2, -0.15) is 0 Å². The highest BCUT2D eigenvalue weighted by Gasteiger charge is 2.21. The van der Waals surface area contributed by atoms with Gasteiger partial charge in [-0.3, -0.25) is 4.90 Å². The van der Waals surface area contributed by atoms with E-state index in [4.69, 9.17) is 0 Å². The molecule has 1 aliphatic heterocycles. The van der Waals surface area contributed by atoms with Crippen LogP contribution in [0.1, 0.15) is 31.2 Å². The van der Waals surface area contributed by atoms with E-state index in [1.54, 1.807) is 0 Å². The molecule has 1 saturated heterocycles. The van der Waals surface area contributed by atoms with E-state index in [0.717, 1.165) is 29.9 Å². The van der Waals surface area contributed by atoms with E-state index in [-0.39, 0.29) is 0 Å². The lowest BCUT2D eigenvalue weighted by Gasteiger charge is -2.35. The molecule has 0 radical (unpaired) electrons. The van der Waals surface area contributed by atoms with E-state index < -0.39 is 11.6 Å². The van der Waals surface area contributed by atoms with E-state index in [2.05, 4.69) is 20.8 Å². The van der Waals surface area contributed by atoms with Gasteiger partial charge in [-0.25, -0.2) is 8.78 Å². The van der Waals surface area contributed by atoms with Gasteiger partial charge in [0, 0.05) is 24.0 Å². The molecule has 0 amide bonds. The van der Waals surface area contributed by atoms with Crippen molar-refractivity contribution in [1.82, 2.24) is 4.90 Å². The third kappa shape index (κ3) is 3.75. The van der Waals surface area contributed by atoms with Crippen LogP contribution in [0, 0.1) is 11.6 Å². The Morgan fingerprint density at radius 3 is 2.56 bits per heavy atom. The molecule has 18 heavy (non-hydrogen) atoms. The molecular weight excluding hydrogens is 300 g/mol. The summed E-state index contributed by atoms with van der Waals surface area (Å²) < 4.78 is 26.3. The number of hydrogen-bond acceptors (Lipinski definition) is 1. The van der Waals surface area contributed by atoms with Crippen molar-refractivity contribution in [3.05, 3.63) is 35.4 Å². The zero-order chi connectivity index (χ0) is 13.0. The fraction of sp³-hybridized carbons (Fsp3) is 0.571. The molecule has 1 fully saturated rings. The average molecular weight is 318 g/mol. The fourth-order valence-corrected chi connectivity index (χ4v) is 3.19. The summed E-state index contributed by atoms with van der Waals surface area (Å²) in [7, 11) is 0. The quantitative estimate of drug-likeness (QED) is 0.756. The van der Waals surface area contributed by atoms with Crippen LogP contribution in [0.3, 0.4) is 0 Å². The van der Waals surface area contributed by atoms with Crippen molar-refractivity contribution >= 4 is 15.9 Å². The first-order valence-corrected chi connectivity index (χ1v) is 7.56. The number of alkyl halides is 1. The monoisotopic (exact) mass is 317 g/mol. The standard InChI is InChI=1S/C14H18BrF2N/c15-5-4-14-3-1-2-6-18(14)10-11-7-12(16)9-13(17)8-11/h7-9,14H,1-6,10H2. The second-order valence-corrected chi connectivity index (χ2v) is 5.67. The van der Waals surface area contributed by atoms with Crippen molar-refractivity contribution in [2.24, 2.45) is 0 Å². The molecule has 0 aliphatic carbocycles. The average Bonchev–Trinajstić information content (AvgIpc) is 2.30. The Bertz CT molecular complexity index is 375. The molecule has 1 unspecified atom stereocenters. The van der Waals surface area contributed by atoms with Crippen molar-refractivity contribution < 1.29 is 8.78 Å². The zero-order valence-corrected chi connectivity index (χ0v) is 11.9. The van der Waals surface area contributed by atoms with Gasteiger partial charge < -0.3 is 0 Å². The van der Waals surface area contributed by atoms with Gasteiger partial charge in [-0.05, 0) is 43.5 Å². The first-order valence-electron chi connectivity index (χ1n) is 6.44. The molecule has 4 heteroatoms. The molecule has 0 aromatic heterocycles. The van der Waals surface area contributed by atoms with Gasteiger partial charge in [0.1, 0.15) is 11.6 Å². The fourth-order valence-electron chi connectivity index (χ4n) is 2.66. The lowest BCUT2D eigenvalue weighted by Crippen LogP contribution is -2.39. The summed E-state index contributed by atoms with van der Waals surface area (Å²) in [6, 6.07) is 4.32. The van der Waals surface area contributed by atoms with Crippen molar-refractivity contribution in [2.75, 3.05) is 11.9 Å². The van der Waals surface area contributed by atoms with Crippen LogP contribution in [-0.4, -0.2) is 22.8 Å². The van der Waals surface area contributed by atoms with Crippen LogP contribution in [0.25, 0.3) is 0 Å². The minimum absolute atomic E-state index is 0.487. The van der Waals surface area contributed by atoms with Gasteiger partial charge >= 0.3 is 0 Å². The van der Waals surface area contributed by atoms with Gasteiger partial charge in [-0.1, -0.05) is 22.4 Å². The van der Waals surface area contributed by atoms with Gasteiger partial charge in [-0.15, -0.1) is 0 Å². The molecule has 100 valence electrons. The number of halogens is 3. The Morgan fingerprint density at radius 2 is 1.89 bits per heavy atom. The first-order chi connectivity index (χ1) is 8.69. The van der Waals surface area contributed by atoms with Crippen LogP contribution in [0.4, 0.5) is 8.78 Å². The molecule has 1 atom stereocenters. The molecule has 0 spiro atoms. The summed E-state index contributed by atoms with van der Waals surface area (Å²) in [5.41, 5.74) is 0.731. The zero-order valence-electron chi connectivity index (χ0n) is 10.3. The molecule has 0 N–H and O–H groups in total. The van der Waals surface area contributed by atoms with Crippen LogP contribution >= 0.6 is 15.9 Å². The predicted octanol–water partition coefficient (Wildman–Crippen LogP) is 4.10. The van der Waals surface area contributed by atoms with Gasteiger partial charge in [0.15, 0.2) is 0 Å². The molecule has 1 aromatic rings. The summed E-state index contributed by atoms with van der Waals surface area (Å²) >= 11 is 3.47. The second kappa shape index (κ2) is 6.62. The molecule has 2 rings (SSSR count). The van der Waals surface area contributed by atoms with Crippen LogP contribution in [0.2, 0.25) is 0 Å². The number of piperidine rings is 1. The Labute approximate surface area is 115 Å². The topological polar surface area (TPSA) is 3.24 Å². The number of nitrogens with zero attached hydrogens (tertiary/aromatic N) is 1. The Balaban J connectivity index is 2.05. The predicted molar refractivity (Wildman–Crippen MR) is 72.8 cm³/mol. The molecule has 1 aromatic carbocycles. The van der Waals surface area contributed by atoms with E-state index in [0.29, 0.717) is 12.6 Å². The van der Waals surface area contributed by atoms with Crippen LogP contribution < -0.4 is 0 Å². The maximum atomic E-state index is 13.2. The van der Waals surface area contributed by atoms with Crippen LogP contribution in [0.15, 0.2) is 18.2 Å². The molecule has 1 nitrogen and oxygen atoms in total. The highest BCUT2D eigenvalue weighted by Crippen LogP contribution is 2.23. The van der Waals surface area contributed by atoms with E-state index in [1.165, 1.54) is 31.4 Å². The highest BCUT2D eigenvalue weighted by atomic mass is 79.9. The minimum atomic E-state index is -0.487. The number of benzene rings is 1. The third-order valence-corrected chi connectivity index (χ3v) is 3.96. The maximum Gasteiger partial charge on any atom is 0.126 e. The van der Waals surface area contributed by atoms with Crippen LogP contribution in [0.5, 0.6) is 0 Å². The number of hydrogen-bond donors (Lipinski definition) is 0. The molecule has 1 heterocycles. The Morgan fingerprint density at radius 1 is 1.17 bits per heavy atom. The van der Waals surface area contributed by atoms with Crippen molar-refractivity contribution in [2.45, 2.75) is 38.3 Å². The highest BCUT2D eigenvalue weighted by molar-refractivity contribution is 9.09. The molecule has 0 bridgehead atoms. The SMILES string of the molecule is Fc1cc(F)cc(CN2CCCCC2CCBr)c1. The first kappa shape index (κ1) is 13.9. The lowest BCUT2D eigenvalue weighted by molar-refractivity contribution is 0.137. The Hall–Kier alpha value is -0.480. The summed E-state index contributed by atoms with van der Waals surface area (Å²) in [6.45, 7) is 1.67. The smallest absolute Gasteiger partial charge is 0.126 e. The van der Waals surface area contributed by atoms with E-state index in [9.17, 15) is 8.78 Å². The molecule has 0 saturated carbocycles. The normalized spacial score (nSPS) is 21.2. The van der Waals surface area contributed by atoms with Crippen LogP contribution in [-0.2, 0) is 6.54 Å². The second-order valence-electron chi connectivity index (χ2n) is 4.88. The summed E-state index contributed by atoms with van der Waals surface area (Å²) in [4.78, 5) is 2.35. The molecular formula is C14H18BrF2N. The third-order valence-electron chi connectivity index (χ3n) is 3.50. The van der Waals surface area contributed by atoms with E-state index >= 15 is 0 Å². The minimum Gasteiger partial charge on any atom is -0.296 e. The van der Waals surface area contributed by atoms with Gasteiger partial charge in [0.25, 0.3) is 0 Å². The maximum absolute atomic E-state index is 13.2. The molecule has 1 aliphatic rings. The van der Waals surface area contributed by atoms with Crippen molar-refractivity contribution in [3.63, 3.8) is 0 Å². The van der Waals surface area contributed by atoms with Crippen molar-refractivity contribution in [3.8, 4) is 0 Å². The number of rotatable bonds is 4. The van der Waals surface area contributed by atoms with Gasteiger partial charge in [0.2, 0.25) is 0 Å². The number of likely N-dealkylation sites (tertiary alicyclic amines) is 1. The van der Waals surface area contributed by atoms with Gasteiger partial charge in [0.05, 0.1) is 0 Å². The van der Waals surface area contributed by atoms with E-state index in [1.807, 2.05) is 0 Å². The Kier molecular flexibility index (Phi) is 5.13. The lowest BCUT2D eigenvalue weighted by atomic mass is 9.99. The summed E-state index contributed by atoms with van der Waals surface area (Å²) in [5, 5.41) is 0.978. The summed E-state index contributed by atoms with van der Waals surface area (Å²) in [5.74, 6) is -0.974. The van der Waals surface area contributed by atoms with Crippen molar-refractivity contribution in [1.29, 1.82) is 0 Å².